The number of amides is 1. The Kier molecular flexibility index (Phi) is 3.37. The average Bonchev–Trinajstić information content (AvgIpc) is 3.09. The molecule has 1 unspecified atom stereocenters. The molecule has 0 bridgehead atoms. The number of nitrogens with two attached hydrogens (primary N) is 1. The molecule has 1 atom stereocenters. The van der Waals surface area contributed by atoms with Crippen molar-refractivity contribution in [1.29, 1.82) is 0 Å². The minimum absolute atomic E-state index is 0.0763. The van der Waals surface area contributed by atoms with Crippen molar-refractivity contribution < 1.29 is 4.79 Å². The van der Waals surface area contributed by atoms with E-state index < -0.39 is 0 Å². The van der Waals surface area contributed by atoms with Crippen LogP contribution in [0, 0.1) is 0 Å². The van der Waals surface area contributed by atoms with E-state index >= 15 is 0 Å². The van der Waals surface area contributed by atoms with Gasteiger partial charge in [0.15, 0.2) is 0 Å². The van der Waals surface area contributed by atoms with Crippen molar-refractivity contribution in [2.24, 2.45) is 0 Å². The molecule has 2 N–H and O–H groups in total. The number of carbonyl (C=O) groups is 1. The summed E-state index contributed by atoms with van der Waals surface area (Å²) in [6, 6.07) is 4.10. The fourth-order valence-electron chi connectivity index (χ4n) is 2.69. The largest absolute Gasteiger partial charge is 0.396 e. The zero-order valence-electron chi connectivity index (χ0n) is 11.1. The lowest BCUT2D eigenvalue weighted by Crippen LogP contribution is -2.33. The summed E-state index contributed by atoms with van der Waals surface area (Å²) in [4.78, 5) is 18.4. The molecule has 1 amide bonds. The fourth-order valence-corrected chi connectivity index (χ4v) is 2.69. The van der Waals surface area contributed by atoms with Gasteiger partial charge in [0.1, 0.15) is 6.54 Å². The van der Waals surface area contributed by atoms with Crippen LogP contribution >= 0.6 is 0 Å². The SMILES string of the molecule is Nc1cnn(CC(=O)N2CCCC2c2ccncc2)c1. The monoisotopic (exact) mass is 271 g/mol. The molecule has 0 aromatic carbocycles. The summed E-state index contributed by atoms with van der Waals surface area (Å²) in [5.41, 5.74) is 7.33. The number of carbonyl (C=O) groups excluding carboxylic acids is 1. The Balaban J connectivity index is 1.73. The van der Waals surface area contributed by atoms with Crippen molar-refractivity contribution in [2.75, 3.05) is 12.3 Å². The third-order valence-corrected chi connectivity index (χ3v) is 3.61. The highest BCUT2D eigenvalue weighted by atomic mass is 16.2. The maximum absolute atomic E-state index is 12.4. The molecule has 0 saturated carbocycles. The highest BCUT2D eigenvalue weighted by Crippen LogP contribution is 2.31. The van der Waals surface area contributed by atoms with E-state index in [0.717, 1.165) is 24.9 Å². The van der Waals surface area contributed by atoms with E-state index in [9.17, 15) is 4.79 Å². The van der Waals surface area contributed by atoms with Gasteiger partial charge in [-0.15, -0.1) is 0 Å². The van der Waals surface area contributed by atoms with E-state index in [1.54, 1.807) is 29.5 Å². The number of nitrogens with zero attached hydrogens (tertiary/aromatic N) is 4. The average molecular weight is 271 g/mol. The summed E-state index contributed by atoms with van der Waals surface area (Å²) in [6.07, 6.45) is 8.79. The fraction of sp³-hybridized carbons (Fsp3) is 0.357. The molecule has 2 aromatic heterocycles. The number of hydrogen-bond acceptors (Lipinski definition) is 4. The van der Waals surface area contributed by atoms with E-state index in [0.29, 0.717) is 5.69 Å². The number of anilines is 1. The van der Waals surface area contributed by atoms with Crippen molar-refractivity contribution in [1.82, 2.24) is 19.7 Å². The summed E-state index contributed by atoms with van der Waals surface area (Å²) in [7, 11) is 0. The number of likely N-dealkylation sites (tertiary alicyclic amines) is 1. The van der Waals surface area contributed by atoms with Crippen molar-refractivity contribution in [2.45, 2.75) is 25.4 Å². The minimum Gasteiger partial charge on any atom is -0.396 e. The minimum atomic E-state index is 0.0763. The predicted molar refractivity (Wildman–Crippen MR) is 74.6 cm³/mol. The van der Waals surface area contributed by atoms with Crippen molar-refractivity contribution in [3.8, 4) is 0 Å². The molecule has 3 heterocycles. The zero-order chi connectivity index (χ0) is 13.9. The van der Waals surface area contributed by atoms with E-state index in [1.165, 1.54) is 0 Å². The highest BCUT2D eigenvalue weighted by molar-refractivity contribution is 5.76. The lowest BCUT2D eigenvalue weighted by molar-refractivity contribution is -0.133. The van der Waals surface area contributed by atoms with Crippen molar-refractivity contribution in [3.05, 3.63) is 42.5 Å². The molecule has 6 heteroatoms. The highest BCUT2D eigenvalue weighted by Gasteiger charge is 2.29. The van der Waals surface area contributed by atoms with Crippen LogP contribution in [0.2, 0.25) is 0 Å². The molecule has 0 aliphatic carbocycles. The van der Waals surface area contributed by atoms with Gasteiger partial charge in [-0.05, 0) is 30.5 Å². The Hall–Kier alpha value is -2.37. The Morgan fingerprint density at radius 1 is 1.40 bits per heavy atom. The first-order valence-electron chi connectivity index (χ1n) is 6.71. The maximum atomic E-state index is 12.4. The number of hydrogen-bond donors (Lipinski definition) is 1. The first-order valence-corrected chi connectivity index (χ1v) is 6.71. The number of pyridine rings is 1. The van der Waals surface area contributed by atoms with Gasteiger partial charge in [0.05, 0.1) is 17.9 Å². The molecule has 2 aromatic rings. The first-order chi connectivity index (χ1) is 9.74. The second-order valence-corrected chi connectivity index (χ2v) is 5.00. The van der Waals surface area contributed by atoms with E-state index in [2.05, 4.69) is 10.1 Å². The molecule has 3 rings (SSSR count). The van der Waals surface area contributed by atoms with E-state index in [-0.39, 0.29) is 18.5 Å². The lowest BCUT2D eigenvalue weighted by Gasteiger charge is -2.25. The summed E-state index contributed by atoms with van der Waals surface area (Å²) >= 11 is 0. The van der Waals surface area contributed by atoms with Crippen LogP contribution < -0.4 is 5.73 Å². The van der Waals surface area contributed by atoms with Gasteiger partial charge in [0.2, 0.25) is 5.91 Å². The Morgan fingerprint density at radius 2 is 2.20 bits per heavy atom. The van der Waals surface area contributed by atoms with Crippen LogP contribution in [-0.4, -0.2) is 32.1 Å². The zero-order valence-corrected chi connectivity index (χ0v) is 11.1. The van der Waals surface area contributed by atoms with Crippen LogP contribution in [0.4, 0.5) is 5.69 Å². The molecule has 1 saturated heterocycles. The lowest BCUT2D eigenvalue weighted by atomic mass is 10.1. The number of aromatic nitrogens is 3. The molecule has 0 radical (unpaired) electrons. The van der Waals surface area contributed by atoms with Gasteiger partial charge in [-0.2, -0.15) is 5.10 Å². The molecule has 20 heavy (non-hydrogen) atoms. The van der Waals surface area contributed by atoms with Crippen LogP contribution in [0.5, 0.6) is 0 Å². The summed E-state index contributed by atoms with van der Waals surface area (Å²) in [5, 5.41) is 4.06. The summed E-state index contributed by atoms with van der Waals surface area (Å²) in [6.45, 7) is 1.03. The standard InChI is InChI=1S/C14H17N5O/c15-12-8-17-18(9-12)10-14(20)19-7-1-2-13(19)11-3-5-16-6-4-11/h3-6,8-9,13H,1-2,7,10,15H2. The topological polar surface area (TPSA) is 77.0 Å². The van der Waals surface area contributed by atoms with Gasteiger partial charge in [-0.3, -0.25) is 14.5 Å². The second-order valence-electron chi connectivity index (χ2n) is 5.00. The number of rotatable bonds is 3. The summed E-state index contributed by atoms with van der Waals surface area (Å²) in [5.74, 6) is 0.0763. The van der Waals surface area contributed by atoms with Gasteiger partial charge in [-0.25, -0.2) is 0 Å². The smallest absolute Gasteiger partial charge is 0.244 e. The van der Waals surface area contributed by atoms with Crippen LogP contribution in [0.3, 0.4) is 0 Å². The van der Waals surface area contributed by atoms with Crippen molar-refractivity contribution in [3.63, 3.8) is 0 Å². The third-order valence-electron chi connectivity index (χ3n) is 3.61. The van der Waals surface area contributed by atoms with Gasteiger partial charge in [-0.1, -0.05) is 0 Å². The van der Waals surface area contributed by atoms with E-state index in [4.69, 9.17) is 5.73 Å². The van der Waals surface area contributed by atoms with Gasteiger partial charge < -0.3 is 10.6 Å². The van der Waals surface area contributed by atoms with Crippen LogP contribution in [0.1, 0.15) is 24.4 Å². The molecule has 104 valence electrons. The Morgan fingerprint density at radius 3 is 2.90 bits per heavy atom. The first kappa shape index (κ1) is 12.7. The molecule has 1 aliphatic heterocycles. The Bertz CT molecular complexity index is 595. The quantitative estimate of drug-likeness (QED) is 0.910. The molecule has 1 aliphatic rings. The molecular weight excluding hydrogens is 254 g/mol. The maximum Gasteiger partial charge on any atom is 0.244 e. The Labute approximate surface area is 117 Å². The summed E-state index contributed by atoms with van der Waals surface area (Å²) < 4.78 is 1.58. The third kappa shape index (κ3) is 2.49. The molecule has 6 nitrogen and oxygen atoms in total. The van der Waals surface area contributed by atoms with Gasteiger partial charge >= 0.3 is 0 Å². The normalized spacial score (nSPS) is 18.4. The van der Waals surface area contributed by atoms with Gasteiger partial charge in [0.25, 0.3) is 0 Å². The van der Waals surface area contributed by atoms with Crippen LogP contribution in [0.25, 0.3) is 0 Å². The van der Waals surface area contributed by atoms with E-state index in [1.807, 2.05) is 17.0 Å². The number of nitrogen functional groups attached to an aromatic ring is 1. The molecule has 1 fully saturated rings. The van der Waals surface area contributed by atoms with Crippen LogP contribution in [0.15, 0.2) is 36.9 Å². The second kappa shape index (κ2) is 5.32. The molecular formula is C14H17N5O. The van der Waals surface area contributed by atoms with Crippen LogP contribution in [-0.2, 0) is 11.3 Å². The van der Waals surface area contributed by atoms with Gasteiger partial charge in [0, 0.05) is 25.1 Å². The van der Waals surface area contributed by atoms with Crippen molar-refractivity contribution >= 4 is 11.6 Å². The predicted octanol–water partition coefficient (Wildman–Crippen LogP) is 1.22. The molecule has 0 spiro atoms.